The second-order valence-corrected chi connectivity index (χ2v) is 8.34. The fourth-order valence-corrected chi connectivity index (χ4v) is 2.91. The van der Waals surface area contributed by atoms with Crippen molar-refractivity contribution in [3.63, 3.8) is 0 Å². The van der Waals surface area contributed by atoms with E-state index in [2.05, 4.69) is 15.3 Å². The van der Waals surface area contributed by atoms with E-state index in [0.29, 0.717) is 32.1 Å². The number of nitrogens with zero attached hydrogens (tertiary/aromatic N) is 2. The van der Waals surface area contributed by atoms with Crippen molar-refractivity contribution in [3.8, 4) is 22.6 Å². The van der Waals surface area contributed by atoms with E-state index < -0.39 is 11.5 Å². The molecule has 0 fully saturated rings. The molecule has 1 amide bonds. The van der Waals surface area contributed by atoms with Crippen LogP contribution < -0.4 is 5.32 Å². The molecule has 0 unspecified atom stereocenters. The van der Waals surface area contributed by atoms with Crippen molar-refractivity contribution in [2.45, 2.75) is 19.4 Å². The zero-order valence-corrected chi connectivity index (χ0v) is 18.0. The molecule has 3 rings (SSSR count). The van der Waals surface area contributed by atoms with Crippen LogP contribution in [0.3, 0.4) is 0 Å². The summed E-state index contributed by atoms with van der Waals surface area (Å²) in [4.78, 5) is 21.6. The van der Waals surface area contributed by atoms with Gasteiger partial charge in [0, 0.05) is 22.7 Å². The van der Waals surface area contributed by atoms with E-state index in [1.54, 1.807) is 50.2 Å². The standard InChI is InChI=1S/C21H18Cl3N3O2/c1-21(2,29)11-25-20(28)18-10-17(12-3-6-14(22)7-4-12)26-19(27-18)13-5-8-15(23)16(24)9-13/h3-10,29H,11H2,1-2H3,(H,25,28). The zero-order valence-electron chi connectivity index (χ0n) is 15.7. The Hall–Kier alpha value is -2.18. The average Bonchev–Trinajstić information content (AvgIpc) is 2.68. The fourth-order valence-electron chi connectivity index (χ4n) is 2.48. The summed E-state index contributed by atoms with van der Waals surface area (Å²) in [6, 6.07) is 13.7. The Morgan fingerprint density at radius 1 is 0.966 bits per heavy atom. The molecule has 29 heavy (non-hydrogen) atoms. The highest BCUT2D eigenvalue weighted by atomic mass is 35.5. The Morgan fingerprint density at radius 3 is 2.24 bits per heavy atom. The summed E-state index contributed by atoms with van der Waals surface area (Å²) in [6.45, 7) is 3.29. The van der Waals surface area contributed by atoms with Gasteiger partial charge in [-0.05, 0) is 50.2 Å². The van der Waals surface area contributed by atoms with Gasteiger partial charge in [0.05, 0.1) is 21.3 Å². The fraction of sp³-hybridized carbons (Fsp3) is 0.190. The van der Waals surface area contributed by atoms with Gasteiger partial charge < -0.3 is 10.4 Å². The number of aliphatic hydroxyl groups is 1. The molecule has 150 valence electrons. The molecule has 5 nitrogen and oxygen atoms in total. The largest absolute Gasteiger partial charge is 0.389 e. The van der Waals surface area contributed by atoms with E-state index in [0.717, 1.165) is 5.56 Å². The summed E-state index contributed by atoms with van der Waals surface area (Å²) < 4.78 is 0. The molecule has 1 aromatic heterocycles. The number of nitrogens with one attached hydrogen (secondary N) is 1. The summed E-state index contributed by atoms with van der Waals surface area (Å²) >= 11 is 18.1. The monoisotopic (exact) mass is 449 g/mol. The smallest absolute Gasteiger partial charge is 0.270 e. The number of rotatable bonds is 5. The molecule has 0 radical (unpaired) electrons. The molecular weight excluding hydrogens is 433 g/mol. The van der Waals surface area contributed by atoms with E-state index in [1.807, 2.05) is 12.1 Å². The van der Waals surface area contributed by atoms with Gasteiger partial charge >= 0.3 is 0 Å². The van der Waals surface area contributed by atoms with Crippen molar-refractivity contribution in [2.24, 2.45) is 0 Å². The Morgan fingerprint density at radius 2 is 1.62 bits per heavy atom. The minimum Gasteiger partial charge on any atom is -0.389 e. The Labute approximate surface area is 183 Å². The number of amides is 1. The molecule has 0 saturated carbocycles. The molecule has 0 aliphatic rings. The van der Waals surface area contributed by atoms with Gasteiger partial charge in [0.15, 0.2) is 5.82 Å². The molecule has 1 heterocycles. The van der Waals surface area contributed by atoms with Crippen LogP contribution in [-0.4, -0.2) is 33.1 Å². The molecule has 2 aromatic carbocycles. The van der Waals surface area contributed by atoms with Gasteiger partial charge in [-0.25, -0.2) is 9.97 Å². The van der Waals surface area contributed by atoms with E-state index in [1.165, 1.54) is 0 Å². The first-order valence-corrected chi connectivity index (χ1v) is 9.87. The molecule has 2 N–H and O–H groups in total. The maximum Gasteiger partial charge on any atom is 0.270 e. The van der Waals surface area contributed by atoms with E-state index in [4.69, 9.17) is 34.8 Å². The molecule has 8 heteroatoms. The first-order valence-electron chi connectivity index (χ1n) is 8.73. The summed E-state index contributed by atoms with van der Waals surface area (Å²) in [5.41, 5.74) is 1.05. The van der Waals surface area contributed by atoms with Gasteiger partial charge in [0.1, 0.15) is 5.69 Å². The molecule has 0 bridgehead atoms. The lowest BCUT2D eigenvalue weighted by Crippen LogP contribution is -2.38. The van der Waals surface area contributed by atoms with Crippen molar-refractivity contribution < 1.29 is 9.90 Å². The van der Waals surface area contributed by atoms with Crippen LogP contribution in [0.5, 0.6) is 0 Å². The molecule has 0 aliphatic carbocycles. The quantitative estimate of drug-likeness (QED) is 0.555. The van der Waals surface area contributed by atoms with Crippen molar-refractivity contribution >= 4 is 40.7 Å². The van der Waals surface area contributed by atoms with Crippen LogP contribution in [0.4, 0.5) is 0 Å². The Balaban J connectivity index is 2.07. The normalized spacial score (nSPS) is 11.4. The first kappa shape index (κ1) is 21.5. The van der Waals surface area contributed by atoms with E-state index in [9.17, 15) is 9.90 Å². The lowest BCUT2D eigenvalue weighted by molar-refractivity contribution is 0.0692. The zero-order chi connectivity index (χ0) is 21.2. The summed E-state index contributed by atoms with van der Waals surface area (Å²) in [7, 11) is 0. The van der Waals surface area contributed by atoms with Gasteiger partial charge in [-0.2, -0.15) is 0 Å². The maximum absolute atomic E-state index is 12.7. The second kappa shape index (κ2) is 8.67. The Bertz CT molecular complexity index is 1050. The molecular formula is C21H18Cl3N3O2. The SMILES string of the molecule is CC(C)(O)CNC(=O)c1cc(-c2ccc(Cl)cc2)nc(-c2ccc(Cl)c(Cl)c2)n1. The van der Waals surface area contributed by atoms with Gasteiger partial charge in [0.25, 0.3) is 5.91 Å². The molecule has 0 saturated heterocycles. The van der Waals surface area contributed by atoms with Crippen molar-refractivity contribution in [1.82, 2.24) is 15.3 Å². The van der Waals surface area contributed by atoms with Crippen LogP contribution in [0.15, 0.2) is 48.5 Å². The summed E-state index contributed by atoms with van der Waals surface area (Å²) in [5, 5.41) is 13.9. The maximum atomic E-state index is 12.7. The third-order valence-corrected chi connectivity index (χ3v) is 4.95. The van der Waals surface area contributed by atoms with Crippen LogP contribution in [0, 0.1) is 0 Å². The van der Waals surface area contributed by atoms with Crippen molar-refractivity contribution in [3.05, 3.63) is 69.3 Å². The molecule has 0 spiro atoms. The van der Waals surface area contributed by atoms with Gasteiger partial charge in [-0.15, -0.1) is 0 Å². The molecule has 0 aliphatic heterocycles. The average molecular weight is 451 g/mol. The summed E-state index contributed by atoms with van der Waals surface area (Å²) in [5.74, 6) is -0.101. The van der Waals surface area contributed by atoms with Gasteiger partial charge in [0.2, 0.25) is 0 Å². The Kier molecular flexibility index (Phi) is 6.44. The highest BCUT2D eigenvalue weighted by Gasteiger charge is 2.18. The molecule has 0 atom stereocenters. The predicted octanol–water partition coefficient (Wildman–Crippen LogP) is 5.27. The number of hydrogen-bond acceptors (Lipinski definition) is 4. The first-order chi connectivity index (χ1) is 13.6. The number of carbonyl (C=O) groups excluding carboxylic acids is 1. The number of hydrogen-bond donors (Lipinski definition) is 2. The van der Waals surface area contributed by atoms with E-state index >= 15 is 0 Å². The minimum atomic E-state index is -1.05. The highest BCUT2D eigenvalue weighted by molar-refractivity contribution is 6.42. The lowest BCUT2D eigenvalue weighted by Gasteiger charge is -2.17. The van der Waals surface area contributed by atoms with Crippen molar-refractivity contribution in [2.75, 3.05) is 6.54 Å². The van der Waals surface area contributed by atoms with Crippen LogP contribution in [-0.2, 0) is 0 Å². The third kappa shape index (κ3) is 5.67. The predicted molar refractivity (Wildman–Crippen MR) is 117 cm³/mol. The van der Waals surface area contributed by atoms with Crippen LogP contribution in [0.2, 0.25) is 15.1 Å². The topological polar surface area (TPSA) is 75.1 Å². The minimum absolute atomic E-state index is 0.0776. The van der Waals surface area contributed by atoms with Crippen LogP contribution in [0.1, 0.15) is 24.3 Å². The second-order valence-electron chi connectivity index (χ2n) is 7.09. The number of benzene rings is 2. The van der Waals surface area contributed by atoms with Crippen molar-refractivity contribution in [1.29, 1.82) is 0 Å². The van der Waals surface area contributed by atoms with Crippen LogP contribution >= 0.6 is 34.8 Å². The van der Waals surface area contributed by atoms with E-state index in [-0.39, 0.29) is 12.2 Å². The van der Waals surface area contributed by atoms with Crippen LogP contribution in [0.25, 0.3) is 22.6 Å². The number of halogens is 3. The third-order valence-electron chi connectivity index (χ3n) is 3.96. The number of aromatic nitrogens is 2. The van der Waals surface area contributed by atoms with Gasteiger partial charge in [-0.1, -0.05) is 46.9 Å². The highest BCUT2D eigenvalue weighted by Crippen LogP contribution is 2.29. The molecule has 3 aromatic rings. The number of carbonyl (C=O) groups is 1. The lowest BCUT2D eigenvalue weighted by atomic mass is 10.1. The summed E-state index contributed by atoms with van der Waals surface area (Å²) in [6.07, 6.45) is 0. The van der Waals surface area contributed by atoms with Gasteiger partial charge in [-0.3, -0.25) is 4.79 Å².